The van der Waals surface area contributed by atoms with Crippen LogP contribution in [0.15, 0.2) is 53.6 Å². The molecule has 25 heavy (non-hydrogen) atoms. The van der Waals surface area contributed by atoms with E-state index in [1.165, 1.54) is 18.3 Å². The number of hydrogen-bond donors (Lipinski definition) is 2. The summed E-state index contributed by atoms with van der Waals surface area (Å²) in [5, 5.41) is 11.4. The molecule has 2 aromatic carbocycles. The summed E-state index contributed by atoms with van der Waals surface area (Å²) in [6.07, 6.45) is 1.41. The van der Waals surface area contributed by atoms with Crippen molar-refractivity contribution < 1.29 is 9.18 Å². The van der Waals surface area contributed by atoms with E-state index in [0.717, 1.165) is 5.56 Å². The zero-order valence-corrected chi connectivity index (χ0v) is 14.1. The van der Waals surface area contributed by atoms with Crippen molar-refractivity contribution in [1.29, 1.82) is 0 Å². The van der Waals surface area contributed by atoms with E-state index in [0.29, 0.717) is 21.3 Å². The van der Waals surface area contributed by atoms with Gasteiger partial charge in [0.2, 0.25) is 0 Å². The van der Waals surface area contributed by atoms with E-state index in [1.807, 2.05) is 0 Å². The topological polar surface area (TPSA) is 70.1 Å². The summed E-state index contributed by atoms with van der Waals surface area (Å²) in [6.45, 7) is 0. The maximum Gasteiger partial charge on any atom is 0.289 e. The SMILES string of the molecule is O=C(N/N=C\c1ccc(F)cc1)c1cc(-c2ccc(Cl)c(Cl)c2)n[nH]1. The Balaban J connectivity index is 1.68. The van der Waals surface area contributed by atoms with E-state index in [9.17, 15) is 9.18 Å². The number of amides is 1. The molecule has 0 saturated carbocycles. The molecule has 3 rings (SSSR count). The first-order valence-corrected chi connectivity index (χ1v) is 7.88. The standard InChI is InChI=1S/C17H11Cl2FN4O/c18-13-6-3-11(7-14(13)19)15-8-16(23-22-15)17(25)24-21-9-10-1-4-12(20)5-2-10/h1-9H,(H,22,23)(H,24,25)/b21-9-. The van der Waals surface area contributed by atoms with Crippen molar-refractivity contribution >= 4 is 35.3 Å². The van der Waals surface area contributed by atoms with E-state index in [1.54, 1.807) is 36.4 Å². The maximum absolute atomic E-state index is 12.8. The van der Waals surface area contributed by atoms with Crippen LogP contribution in [-0.4, -0.2) is 22.3 Å². The average Bonchev–Trinajstić information content (AvgIpc) is 3.09. The minimum Gasteiger partial charge on any atom is -0.272 e. The van der Waals surface area contributed by atoms with Crippen LogP contribution in [-0.2, 0) is 0 Å². The summed E-state index contributed by atoms with van der Waals surface area (Å²) < 4.78 is 12.8. The highest BCUT2D eigenvalue weighted by atomic mass is 35.5. The lowest BCUT2D eigenvalue weighted by Crippen LogP contribution is -2.17. The Morgan fingerprint density at radius 2 is 1.88 bits per heavy atom. The molecule has 1 heterocycles. The number of carbonyl (C=O) groups excluding carboxylic acids is 1. The highest BCUT2D eigenvalue weighted by Crippen LogP contribution is 2.27. The van der Waals surface area contributed by atoms with Crippen molar-refractivity contribution in [2.24, 2.45) is 5.10 Å². The number of H-pyrrole nitrogens is 1. The molecule has 0 bridgehead atoms. The van der Waals surface area contributed by atoms with Gasteiger partial charge in [-0.05, 0) is 35.9 Å². The molecule has 5 nitrogen and oxygen atoms in total. The van der Waals surface area contributed by atoms with E-state index in [-0.39, 0.29) is 11.5 Å². The number of rotatable bonds is 4. The van der Waals surface area contributed by atoms with Gasteiger partial charge in [-0.25, -0.2) is 9.82 Å². The first kappa shape index (κ1) is 17.1. The van der Waals surface area contributed by atoms with Crippen LogP contribution in [0.25, 0.3) is 11.3 Å². The van der Waals surface area contributed by atoms with E-state index >= 15 is 0 Å². The fraction of sp³-hybridized carbons (Fsp3) is 0. The molecule has 126 valence electrons. The normalized spacial score (nSPS) is 11.0. The summed E-state index contributed by atoms with van der Waals surface area (Å²) in [5.74, 6) is -0.800. The second-order valence-corrected chi connectivity index (χ2v) is 5.86. The number of nitrogens with zero attached hydrogens (tertiary/aromatic N) is 2. The monoisotopic (exact) mass is 376 g/mol. The van der Waals surface area contributed by atoms with Crippen LogP contribution < -0.4 is 5.43 Å². The molecule has 0 aliphatic heterocycles. The van der Waals surface area contributed by atoms with Gasteiger partial charge in [0.25, 0.3) is 5.91 Å². The summed E-state index contributed by atoms with van der Waals surface area (Å²) >= 11 is 11.9. The predicted octanol–water partition coefficient (Wildman–Crippen LogP) is 4.29. The number of hydrogen-bond acceptors (Lipinski definition) is 3. The summed E-state index contributed by atoms with van der Waals surface area (Å²) in [7, 11) is 0. The van der Waals surface area contributed by atoms with Gasteiger partial charge in [0.1, 0.15) is 11.5 Å². The Hall–Kier alpha value is -2.70. The molecule has 8 heteroatoms. The first-order chi connectivity index (χ1) is 12.0. The van der Waals surface area contributed by atoms with E-state index in [4.69, 9.17) is 23.2 Å². The summed E-state index contributed by atoms with van der Waals surface area (Å²) in [6, 6.07) is 12.3. The summed E-state index contributed by atoms with van der Waals surface area (Å²) in [4.78, 5) is 12.1. The number of carbonyl (C=O) groups is 1. The van der Waals surface area contributed by atoms with Crippen LogP contribution in [0.2, 0.25) is 10.0 Å². The maximum atomic E-state index is 12.8. The van der Waals surface area contributed by atoms with Gasteiger partial charge in [-0.3, -0.25) is 9.89 Å². The van der Waals surface area contributed by atoms with Crippen LogP contribution in [0.5, 0.6) is 0 Å². The van der Waals surface area contributed by atoms with Gasteiger partial charge in [-0.1, -0.05) is 41.4 Å². The zero-order chi connectivity index (χ0) is 17.8. The van der Waals surface area contributed by atoms with Crippen molar-refractivity contribution in [1.82, 2.24) is 15.6 Å². The van der Waals surface area contributed by atoms with E-state index < -0.39 is 5.91 Å². The van der Waals surface area contributed by atoms with Gasteiger partial charge in [-0.15, -0.1) is 0 Å². The molecule has 0 saturated heterocycles. The van der Waals surface area contributed by atoms with Gasteiger partial charge in [0.05, 0.1) is 22.0 Å². The highest BCUT2D eigenvalue weighted by Gasteiger charge is 2.11. The number of aromatic amines is 1. The first-order valence-electron chi connectivity index (χ1n) is 7.13. The van der Waals surface area contributed by atoms with Crippen LogP contribution in [0.3, 0.4) is 0 Å². The van der Waals surface area contributed by atoms with Crippen molar-refractivity contribution in [2.75, 3.05) is 0 Å². The second kappa shape index (κ2) is 7.46. The largest absolute Gasteiger partial charge is 0.289 e. The molecule has 0 spiro atoms. The Labute approximate surface area is 152 Å². The third-order valence-electron chi connectivity index (χ3n) is 3.29. The molecular weight excluding hydrogens is 366 g/mol. The van der Waals surface area contributed by atoms with Crippen molar-refractivity contribution in [3.8, 4) is 11.3 Å². The van der Waals surface area contributed by atoms with Gasteiger partial charge >= 0.3 is 0 Å². The molecule has 0 aliphatic carbocycles. The van der Waals surface area contributed by atoms with Gasteiger partial charge in [-0.2, -0.15) is 10.2 Å². The molecule has 1 aromatic heterocycles. The van der Waals surface area contributed by atoms with Crippen LogP contribution in [0.4, 0.5) is 4.39 Å². The van der Waals surface area contributed by atoms with Crippen LogP contribution in [0.1, 0.15) is 16.1 Å². The molecule has 0 atom stereocenters. The van der Waals surface area contributed by atoms with Crippen molar-refractivity contribution in [3.05, 3.63) is 75.7 Å². The molecular formula is C17H11Cl2FN4O. The Morgan fingerprint density at radius 1 is 1.12 bits per heavy atom. The summed E-state index contributed by atoms with van der Waals surface area (Å²) in [5.41, 5.74) is 4.52. The number of nitrogens with one attached hydrogen (secondary N) is 2. The fourth-order valence-corrected chi connectivity index (χ4v) is 2.31. The van der Waals surface area contributed by atoms with E-state index in [2.05, 4.69) is 20.7 Å². The molecule has 0 fully saturated rings. The lowest BCUT2D eigenvalue weighted by molar-refractivity contribution is 0.0950. The number of benzene rings is 2. The molecule has 0 aliphatic rings. The number of aromatic nitrogens is 2. The smallest absolute Gasteiger partial charge is 0.272 e. The predicted molar refractivity (Wildman–Crippen MR) is 95.5 cm³/mol. The Kier molecular flexibility index (Phi) is 5.11. The lowest BCUT2D eigenvalue weighted by Gasteiger charge is -1.99. The second-order valence-electron chi connectivity index (χ2n) is 5.05. The Morgan fingerprint density at radius 3 is 2.60 bits per heavy atom. The van der Waals surface area contributed by atoms with Crippen molar-refractivity contribution in [3.63, 3.8) is 0 Å². The molecule has 2 N–H and O–H groups in total. The average molecular weight is 377 g/mol. The van der Waals surface area contributed by atoms with Gasteiger partial charge in [0, 0.05) is 5.56 Å². The Bertz CT molecular complexity index is 938. The molecule has 3 aromatic rings. The third kappa shape index (κ3) is 4.23. The molecule has 0 radical (unpaired) electrons. The minimum absolute atomic E-state index is 0.234. The molecule has 0 unspecified atom stereocenters. The van der Waals surface area contributed by atoms with Crippen molar-refractivity contribution in [2.45, 2.75) is 0 Å². The third-order valence-corrected chi connectivity index (χ3v) is 4.03. The zero-order valence-electron chi connectivity index (χ0n) is 12.6. The highest BCUT2D eigenvalue weighted by molar-refractivity contribution is 6.42. The minimum atomic E-state index is -0.461. The van der Waals surface area contributed by atoms with Crippen LogP contribution >= 0.6 is 23.2 Å². The lowest BCUT2D eigenvalue weighted by atomic mass is 10.1. The van der Waals surface area contributed by atoms with Gasteiger partial charge < -0.3 is 0 Å². The van der Waals surface area contributed by atoms with Crippen LogP contribution in [0, 0.1) is 5.82 Å². The number of hydrazone groups is 1. The molecule has 1 amide bonds. The fourth-order valence-electron chi connectivity index (χ4n) is 2.02. The number of halogens is 3. The quantitative estimate of drug-likeness (QED) is 0.526. The van der Waals surface area contributed by atoms with Gasteiger partial charge in [0.15, 0.2) is 0 Å².